The summed E-state index contributed by atoms with van der Waals surface area (Å²) < 4.78 is 28.8. The summed E-state index contributed by atoms with van der Waals surface area (Å²) in [5.41, 5.74) is 5.43. The minimum atomic E-state index is -3.45. The van der Waals surface area contributed by atoms with Gasteiger partial charge in [0.05, 0.1) is 0 Å². The second-order valence-corrected chi connectivity index (χ2v) is 17.5. The molecule has 0 amide bonds. The molecule has 0 unspecified atom stereocenters. The van der Waals surface area contributed by atoms with Gasteiger partial charge in [0.1, 0.15) is 22.3 Å². The number of benzene rings is 10. The van der Waals surface area contributed by atoms with E-state index < -0.39 is 7.14 Å². The van der Waals surface area contributed by atoms with E-state index in [0.717, 1.165) is 65.4 Å². The molecule has 262 valence electrons. The number of furan rings is 2. The van der Waals surface area contributed by atoms with Crippen LogP contribution in [0.1, 0.15) is 0 Å². The molecular formula is C52H31O3P. The Kier molecular flexibility index (Phi) is 6.61. The van der Waals surface area contributed by atoms with Crippen molar-refractivity contribution >= 4 is 110 Å². The molecule has 0 N–H and O–H groups in total. The van der Waals surface area contributed by atoms with Gasteiger partial charge in [0, 0.05) is 37.5 Å². The van der Waals surface area contributed by atoms with Gasteiger partial charge >= 0.3 is 0 Å². The van der Waals surface area contributed by atoms with Crippen LogP contribution in [0.3, 0.4) is 0 Å². The predicted octanol–water partition coefficient (Wildman–Crippen LogP) is 13.4. The van der Waals surface area contributed by atoms with Gasteiger partial charge in [-0.1, -0.05) is 133 Å². The average Bonchev–Trinajstić information content (AvgIpc) is 3.83. The summed E-state index contributed by atoms with van der Waals surface area (Å²) in [7, 11) is -3.45. The van der Waals surface area contributed by atoms with E-state index in [0.29, 0.717) is 0 Å². The second kappa shape index (κ2) is 11.8. The smallest absolute Gasteiger partial charge is 0.171 e. The van der Waals surface area contributed by atoms with Crippen LogP contribution >= 0.6 is 7.14 Å². The van der Waals surface area contributed by atoms with Crippen molar-refractivity contribution in [1.29, 1.82) is 0 Å². The number of hydrogen-bond acceptors (Lipinski definition) is 3. The Morgan fingerprint density at radius 1 is 0.304 bits per heavy atom. The van der Waals surface area contributed by atoms with Crippen molar-refractivity contribution in [3.8, 4) is 11.1 Å². The molecule has 2 aromatic heterocycles. The molecule has 3 nitrogen and oxygen atoms in total. The third-order valence-corrected chi connectivity index (χ3v) is 14.8. The SMILES string of the molecule is O=P(c1ccc(-c2c3ccc4ccccc4c3cc3c2ccc2ccccc23)cc1)(c1ccc2oc3ccccc3c2c1)c1ccc2oc3ccccc3c2c1. The highest BCUT2D eigenvalue weighted by Gasteiger charge is 2.32. The number of fused-ring (bicyclic) bond motifs is 12. The monoisotopic (exact) mass is 734 g/mol. The van der Waals surface area contributed by atoms with Crippen molar-refractivity contribution in [2.75, 3.05) is 0 Å². The fourth-order valence-corrected chi connectivity index (χ4v) is 11.7. The molecule has 4 heteroatoms. The van der Waals surface area contributed by atoms with E-state index >= 15 is 4.57 Å². The highest BCUT2D eigenvalue weighted by Crippen LogP contribution is 2.47. The number of rotatable bonds is 4. The van der Waals surface area contributed by atoms with Crippen LogP contribution in [0.25, 0.3) is 98.1 Å². The number of hydrogen-bond donors (Lipinski definition) is 0. The molecule has 0 fully saturated rings. The van der Waals surface area contributed by atoms with Crippen molar-refractivity contribution < 1.29 is 13.4 Å². The van der Waals surface area contributed by atoms with Gasteiger partial charge in [-0.15, -0.1) is 0 Å². The second-order valence-electron chi connectivity index (χ2n) is 14.7. The Morgan fingerprint density at radius 2 is 0.732 bits per heavy atom. The maximum atomic E-state index is 16.3. The fraction of sp³-hybridized carbons (Fsp3) is 0. The van der Waals surface area contributed by atoms with Crippen molar-refractivity contribution in [1.82, 2.24) is 0 Å². The summed E-state index contributed by atoms with van der Waals surface area (Å²) in [6.07, 6.45) is 0. The van der Waals surface area contributed by atoms with E-state index in [1.807, 2.05) is 60.7 Å². The predicted molar refractivity (Wildman–Crippen MR) is 236 cm³/mol. The van der Waals surface area contributed by atoms with Gasteiger partial charge in [0.15, 0.2) is 7.14 Å². The molecular weight excluding hydrogens is 704 g/mol. The number of para-hydroxylation sites is 2. The van der Waals surface area contributed by atoms with Crippen LogP contribution in [0.15, 0.2) is 197 Å². The normalized spacial score (nSPS) is 12.4. The molecule has 0 bridgehead atoms. The van der Waals surface area contributed by atoms with Crippen LogP contribution in [-0.4, -0.2) is 0 Å². The topological polar surface area (TPSA) is 43.4 Å². The summed E-state index contributed by atoms with van der Waals surface area (Å²) in [4.78, 5) is 0. The lowest BCUT2D eigenvalue weighted by Crippen LogP contribution is -2.25. The molecule has 12 rings (SSSR count). The first-order chi connectivity index (χ1) is 27.6. The summed E-state index contributed by atoms with van der Waals surface area (Å²) in [6.45, 7) is 0. The maximum Gasteiger partial charge on any atom is 0.171 e. The van der Waals surface area contributed by atoms with Gasteiger partial charge in [0.25, 0.3) is 0 Å². The molecule has 0 spiro atoms. The lowest BCUT2D eigenvalue weighted by molar-refractivity contribution is 0.592. The van der Waals surface area contributed by atoms with Crippen LogP contribution in [0, 0.1) is 0 Å². The zero-order valence-electron chi connectivity index (χ0n) is 30.1. The molecule has 56 heavy (non-hydrogen) atoms. The first kappa shape index (κ1) is 31.4. The third kappa shape index (κ3) is 4.50. The van der Waals surface area contributed by atoms with Crippen LogP contribution in [0.2, 0.25) is 0 Å². The van der Waals surface area contributed by atoms with E-state index in [1.165, 1.54) is 48.7 Å². The lowest BCUT2D eigenvalue weighted by atomic mass is 9.88. The Morgan fingerprint density at radius 3 is 1.25 bits per heavy atom. The Balaban J connectivity index is 1.11. The van der Waals surface area contributed by atoms with Gasteiger partial charge in [-0.05, 0) is 109 Å². The Hall–Kier alpha value is -6.93. The molecule has 12 aromatic rings. The van der Waals surface area contributed by atoms with Crippen molar-refractivity contribution in [3.63, 3.8) is 0 Å². The molecule has 0 aliphatic carbocycles. The Labute approximate surface area is 321 Å². The standard InChI is InChI=1S/C52H31O3P/c53-56(36-23-27-50-46(29-36)40-13-5-7-15-48(40)54-50,37-24-28-51-47(30-37)41-14-6-8-16-49(41)55-51)35-21-17-34(18-22-35)52-42-25-19-32-9-1-3-11-38(32)44(42)31-45-39-12-4-2-10-33(39)20-26-43(45)52/h1-31H. The van der Waals surface area contributed by atoms with Crippen molar-refractivity contribution in [2.45, 2.75) is 0 Å². The molecule has 0 aliphatic rings. The fourth-order valence-electron chi connectivity index (χ4n) is 9.04. The summed E-state index contributed by atoms with van der Waals surface area (Å²) >= 11 is 0. The van der Waals surface area contributed by atoms with Crippen LogP contribution < -0.4 is 15.9 Å². The van der Waals surface area contributed by atoms with E-state index in [4.69, 9.17) is 8.83 Å². The molecule has 0 atom stereocenters. The first-order valence-electron chi connectivity index (χ1n) is 18.9. The molecule has 0 aliphatic heterocycles. The zero-order valence-corrected chi connectivity index (χ0v) is 31.0. The van der Waals surface area contributed by atoms with Crippen molar-refractivity contribution in [3.05, 3.63) is 188 Å². The molecule has 0 saturated carbocycles. The maximum absolute atomic E-state index is 16.3. The highest BCUT2D eigenvalue weighted by atomic mass is 31.2. The van der Waals surface area contributed by atoms with E-state index in [9.17, 15) is 0 Å². The summed E-state index contributed by atoms with van der Waals surface area (Å²) in [5.74, 6) is 0. The molecule has 0 radical (unpaired) electrons. The van der Waals surface area contributed by atoms with E-state index in [1.54, 1.807) is 0 Å². The molecule has 10 aromatic carbocycles. The van der Waals surface area contributed by atoms with E-state index in [2.05, 4.69) is 127 Å². The average molecular weight is 735 g/mol. The first-order valence-corrected chi connectivity index (χ1v) is 20.6. The highest BCUT2D eigenvalue weighted by molar-refractivity contribution is 7.85. The van der Waals surface area contributed by atoms with Gasteiger partial charge < -0.3 is 13.4 Å². The molecule has 2 heterocycles. The van der Waals surface area contributed by atoms with E-state index in [-0.39, 0.29) is 0 Å². The van der Waals surface area contributed by atoms with Gasteiger partial charge in [0.2, 0.25) is 0 Å². The van der Waals surface area contributed by atoms with Crippen LogP contribution in [-0.2, 0) is 4.57 Å². The Bertz CT molecular complexity index is 3420. The quantitative estimate of drug-likeness (QED) is 0.103. The summed E-state index contributed by atoms with van der Waals surface area (Å²) in [6, 6.07) is 65.2. The largest absolute Gasteiger partial charge is 0.456 e. The van der Waals surface area contributed by atoms with Gasteiger partial charge in [-0.2, -0.15) is 0 Å². The van der Waals surface area contributed by atoms with Crippen molar-refractivity contribution in [2.24, 2.45) is 0 Å². The van der Waals surface area contributed by atoms with Crippen LogP contribution in [0.4, 0.5) is 0 Å². The lowest BCUT2D eigenvalue weighted by Gasteiger charge is -2.21. The molecule has 0 saturated heterocycles. The van der Waals surface area contributed by atoms with Gasteiger partial charge in [-0.3, -0.25) is 0 Å². The minimum Gasteiger partial charge on any atom is -0.456 e. The summed E-state index contributed by atoms with van der Waals surface area (Å²) in [5, 5.41) is 15.9. The van der Waals surface area contributed by atoms with Crippen LogP contribution in [0.5, 0.6) is 0 Å². The van der Waals surface area contributed by atoms with Gasteiger partial charge in [-0.25, -0.2) is 0 Å². The zero-order chi connectivity index (χ0) is 37.0. The minimum absolute atomic E-state index is 0.755. The third-order valence-electron chi connectivity index (χ3n) is 11.7.